The fourth-order valence-corrected chi connectivity index (χ4v) is 3.25. The van der Waals surface area contributed by atoms with Crippen LogP contribution in [-0.4, -0.2) is 37.8 Å². The predicted molar refractivity (Wildman–Crippen MR) is 86.6 cm³/mol. The number of aliphatic carboxylic acids is 1. The summed E-state index contributed by atoms with van der Waals surface area (Å²) in [7, 11) is -2.54. The summed E-state index contributed by atoms with van der Waals surface area (Å²) in [6.45, 7) is 0. The van der Waals surface area contributed by atoms with Gasteiger partial charge in [0.1, 0.15) is 17.5 Å². The summed E-state index contributed by atoms with van der Waals surface area (Å²) < 4.78 is 31.8. The fraction of sp³-hybridized carbons (Fsp3) is 0.188. The number of ether oxygens (including phenoxy) is 1. The molecule has 8 heteroatoms. The van der Waals surface area contributed by atoms with Crippen molar-refractivity contribution in [2.75, 3.05) is 7.11 Å². The van der Waals surface area contributed by atoms with E-state index in [-0.39, 0.29) is 17.1 Å². The molecule has 0 heterocycles. The van der Waals surface area contributed by atoms with Gasteiger partial charge >= 0.3 is 5.97 Å². The van der Waals surface area contributed by atoms with Crippen LogP contribution in [-0.2, 0) is 21.2 Å². The lowest BCUT2D eigenvalue weighted by atomic mass is 10.1. The number of aromatic hydroxyl groups is 1. The highest BCUT2D eigenvalue weighted by Crippen LogP contribution is 2.17. The zero-order valence-corrected chi connectivity index (χ0v) is 13.7. The number of sulfonamides is 1. The van der Waals surface area contributed by atoms with Gasteiger partial charge in [0.2, 0.25) is 10.0 Å². The van der Waals surface area contributed by atoms with Crippen molar-refractivity contribution in [3.05, 3.63) is 54.1 Å². The molecule has 0 bridgehead atoms. The Labute approximate surface area is 139 Å². The number of benzene rings is 2. The Balaban J connectivity index is 2.19. The van der Waals surface area contributed by atoms with Crippen LogP contribution < -0.4 is 9.46 Å². The van der Waals surface area contributed by atoms with E-state index in [0.717, 1.165) is 0 Å². The average Bonchev–Trinajstić information content (AvgIpc) is 2.56. The molecule has 0 radical (unpaired) electrons. The van der Waals surface area contributed by atoms with Crippen molar-refractivity contribution in [1.29, 1.82) is 0 Å². The molecule has 0 aliphatic rings. The Bertz CT molecular complexity index is 799. The van der Waals surface area contributed by atoms with Crippen molar-refractivity contribution in [2.45, 2.75) is 17.4 Å². The van der Waals surface area contributed by atoms with Gasteiger partial charge in [0, 0.05) is 0 Å². The minimum Gasteiger partial charge on any atom is -0.508 e. The molecule has 0 saturated carbocycles. The van der Waals surface area contributed by atoms with Crippen LogP contribution >= 0.6 is 0 Å². The van der Waals surface area contributed by atoms with Crippen LogP contribution in [0.1, 0.15) is 5.56 Å². The summed E-state index contributed by atoms with van der Waals surface area (Å²) >= 11 is 0. The molecule has 0 fully saturated rings. The molecule has 0 spiro atoms. The van der Waals surface area contributed by atoms with E-state index < -0.39 is 22.0 Å². The smallest absolute Gasteiger partial charge is 0.322 e. The van der Waals surface area contributed by atoms with Gasteiger partial charge in [-0.05, 0) is 48.4 Å². The first-order chi connectivity index (χ1) is 11.3. The Hall–Kier alpha value is -2.58. The van der Waals surface area contributed by atoms with E-state index in [1.165, 1.54) is 55.6 Å². The van der Waals surface area contributed by atoms with Crippen LogP contribution in [0.2, 0.25) is 0 Å². The van der Waals surface area contributed by atoms with Gasteiger partial charge in [-0.15, -0.1) is 0 Å². The highest BCUT2D eigenvalue weighted by atomic mass is 32.2. The van der Waals surface area contributed by atoms with E-state index >= 15 is 0 Å². The number of carboxylic acid groups (broad SMARTS) is 1. The molecule has 128 valence electrons. The summed E-state index contributed by atoms with van der Waals surface area (Å²) in [6.07, 6.45) is -0.0506. The molecule has 7 nitrogen and oxygen atoms in total. The number of hydrogen-bond acceptors (Lipinski definition) is 5. The minimum absolute atomic E-state index is 0.0458. The topological polar surface area (TPSA) is 113 Å². The number of carboxylic acids is 1. The quantitative estimate of drug-likeness (QED) is 0.694. The second kappa shape index (κ2) is 7.33. The molecule has 1 unspecified atom stereocenters. The third-order valence-electron chi connectivity index (χ3n) is 3.34. The first-order valence-corrected chi connectivity index (χ1v) is 8.47. The lowest BCUT2D eigenvalue weighted by Crippen LogP contribution is -2.42. The largest absolute Gasteiger partial charge is 0.508 e. The number of phenolic OH excluding ortho intramolecular Hbond substituents is 1. The van der Waals surface area contributed by atoms with Crippen LogP contribution in [0.15, 0.2) is 53.4 Å². The molecule has 0 aromatic heterocycles. The van der Waals surface area contributed by atoms with Crippen LogP contribution in [0.5, 0.6) is 11.5 Å². The zero-order valence-electron chi connectivity index (χ0n) is 12.8. The Morgan fingerprint density at radius 1 is 1.12 bits per heavy atom. The van der Waals surface area contributed by atoms with Crippen molar-refractivity contribution >= 4 is 16.0 Å². The number of methoxy groups -OCH3 is 1. The zero-order chi connectivity index (χ0) is 17.7. The van der Waals surface area contributed by atoms with Crippen molar-refractivity contribution in [3.8, 4) is 11.5 Å². The summed E-state index contributed by atoms with van der Waals surface area (Å²) in [5, 5.41) is 18.5. The van der Waals surface area contributed by atoms with Gasteiger partial charge in [0.15, 0.2) is 0 Å². The van der Waals surface area contributed by atoms with Crippen LogP contribution in [0.4, 0.5) is 0 Å². The predicted octanol–water partition coefficient (Wildman–Crippen LogP) is 1.38. The molecule has 2 aromatic rings. The van der Waals surface area contributed by atoms with Gasteiger partial charge in [0.05, 0.1) is 12.0 Å². The third kappa shape index (κ3) is 4.46. The van der Waals surface area contributed by atoms with E-state index in [1.807, 2.05) is 0 Å². The number of carbonyl (C=O) groups is 1. The number of phenols is 1. The van der Waals surface area contributed by atoms with E-state index in [9.17, 15) is 23.4 Å². The molecule has 0 saturated heterocycles. The molecule has 0 amide bonds. The summed E-state index contributed by atoms with van der Waals surface area (Å²) in [6, 6.07) is 10.2. The van der Waals surface area contributed by atoms with Crippen LogP contribution in [0.25, 0.3) is 0 Å². The first kappa shape index (κ1) is 17.8. The van der Waals surface area contributed by atoms with Gasteiger partial charge in [-0.25, -0.2) is 8.42 Å². The maximum Gasteiger partial charge on any atom is 0.322 e. The Morgan fingerprint density at radius 2 is 1.71 bits per heavy atom. The van der Waals surface area contributed by atoms with Crippen molar-refractivity contribution < 1.29 is 28.2 Å². The second-order valence-electron chi connectivity index (χ2n) is 5.06. The first-order valence-electron chi connectivity index (χ1n) is 6.99. The fourth-order valence-electron chi connectivity index (χ4n) is 2.06. The molecule has 24 heavy (non-hydrogen) atoms. The molecule has 3 N–H and O–H groups in total. The lowest BCUT2D eigenvalue weighted by molar-refractivity contribution is -0.138. The normalized spacial score (nSPS) is 12.5. The van der Waals surface area contributed by atoms with E-state index in [1.54, 1.807) is 0 Å². The Kier molecular flexibility index (Phi) is 5.42. The Morgan fingerprint density at radius 3 is 2.21 bits per heavy atom. The van der Waals surface area contributed by atoms with E-state index in [4.69, 9.17) is 4.74 Å². The lowest BCUT2D eigenvalue weighted by Gasteiger charge is -2.15. The summed E-state index contributed by atoms with van der Waals surface area (Å²) in [5.41, 5.74) is 0.581. The van der Waals surface area contributed by atoms with Gasteiger partial charge < -0.3 is 14.9 Å². The maximum atomic E-state index is 12.3. The van der Waals surface area contributed by atoms with E-state index in [2.05, 4.69) is 4.72 Å². The van der Waals surface area contributed by atoms with Gasteiger partial charge in [-0.3, -0.25) is 4.79 Å². The third-order valence-corrected chi connectivity index (χ3v) is 4.83. The molecule has 0 aliphatic heterocycles. The molecular weight excluding hydrogens is 334 g/mol. The van der Waals surface area contributed by atoms with E-state index in [0.29, 0.717) is 11.3 Å². The summed E-state index contributed by atoms with van der Waals surface area (Å²) in [4.78, 5) is 11.3. The van der Waals surface area contributed by atoms with Crippen molar-refractivity contribution in [3.63, 3.8) is 0 Å². The maximum absolute atomic E-state index is 12.3. The van der Waals surface area contributed by atoms with Crippen molar-refractivity contribution in [1.82, 2.24) is 4.72 Å². The van der Waals surface area contributed by atoms with Crippen LogP contribution in [0.3, 0.4) is 0 Å². The molecular formula is C16H17NO6S. The molecule has 1 atom stereocenters. The average molecular weight is 351 g/mol. The molecule has 0 aliphatic carbocycles. The SMILES string of the molecule is COc1ccc(S(=O)(=O)NC(Cc2ccc(O)cc2)C(=O)O)cc1. The number of rotatable bonds is 7. The standard InChI is InChI=1S/C16H17NO6S/c1-23-13-6-8-14(9-7-13)24(21,22)17-15(16(19)20)10-11-2-4-12(18)5-3-11/h2-9,15,17-18H,10H2,1H3,(H,19,20). The highest BCUT2D eigenvalue weighted by Gasteiger charge is 2.25. The van der Waals surface area contributed by atoms with Crippen molar-refractivity contribution in [2.24, 2.45) is 0 Å². The molecule has 2 aromatic carbocycles. The monoisotopic (exact) mass is 351 g/mol. The number of hydrogen-bond donors (Lipinski definition) is 3. The van der Waals surface area contributed by atoms with Gasteiger partial charge in [0.25, 0.3) is 0 Å². The molecule has 2 rings (SSSR count). The van der Waals surface area contributed by atoms with Gasteiger partial charge in [-0.1, -0.05) is 12.1 Å². The summed E-state index contributed by atoms with van der Waals surface area (Å²) in [5.74, 6) is -0.752. The minimum atomic E-state index is -3.99. The second-order valence-corrected chi connectivity index (χ2v) is 6.77. The van der Waals surface area contributed by atoms with Gasteiger partial charge in [-0.2, -0.15) is 4.72 Å². The highest BCUT2D eigenvalue weighted by molar-refractivity contribution is 7.89. The number of nitrogens with one attached hydrogen (secondary N) is 1. The van der Waals surface area contributed by atoms with Crippen LogP contribution in [0, 0.1) is 0 Å².